The molecule has 0 atom stereocenters. The highest BCUT2D eigenvalue weighted by Gasteiger charge is 2.04. The maximum Gasteiger partial charge on any atom is 0.243 e. The predicted octanol–water partition coefficient (Wildman–Crippen LogP) is 2.80. The first-order valence-corrected chi connectivity index (χ1v) is 7.13. The van der Waals surface area contributed by atoms with Crippen LogP contribution in [0, 0.1) is 6.92 Å². The number of nitrogens with zero attached hydrogens (tertiary/aromatic N) is 4. The van der Waals surface area contributed by atoms with E-state index in [1.807, 2.05) is 13.0 Å². The Morgan fingerprint density at radius 1 is 1.37 bits per heavy atom. The van der Waals surface area contributed by atoms with Gasteiger partial charge < -0.3 is 5.32 Å². The lowest BCUT2D eigenvalue weighted by atomic mass is 10.4. The Labute approximate surface area is 119 Å². The lowest BCUT2D eigenvalue weighted by Gasteiger charge is -1.98. The molecular weight excluding hydrogens is 282 g/mol. The predicted molar refractivity (Wildman–Crippen MR) is 77.0 cm³/mol. The van der Waals surface area contributed by atoms with Gasteiger partial charge in [-0.2, -0.15) is 4.98 Å². The molecule has 98 valence electrons. The monoisotopic (exact) mass is 293 g/mol. The second kappa shape index (κ2) is 5.14. The zero-order chi connectivity index (χ0) is 13.2. The first-order valence-electron chi connectivity index (χ1n) is 5.87. The van der Waals surface area contributed by atoms with Crippen molar-refractivity contribution in [2.45, 2.75) is 13.3 Å². The molecule has 5 nitrogen and oxygen atoms in total. The van der Waals surface area contributed by atoms with Gasteiger partial charge in [0, 0.05) is 30.2 Å². The third kappa shape index (κ3) is 2.85. The Morgan fingerprint density at radius 3 is 3.05 bits per heavy atom. The molecule has 0 aliphatic heterocycles. The van der Waals surface area contributed by atoms with Crippen molar-refractivity contribution in [2.75, 3.05) is 11.9 Å². The van der Waals surface area contributed by atoms with Crippen LogP contribution in [-0.2, 0) is 6.42 Å². The lowest BCUT2D eigenvalue weighted by molar-refractivity contribution is 0.930. The number of fused-ring (bicyclic) bond motifs is 1. The Kier molecular flexibility index (Phi) is 3.35. The van der Waals surface area contributed by atoms with Gasteiger partial charge in [0.1, 0.15) is 0 Å². The highest BCUT2D eigenvalue weighted by Crippen LogP contribution is 2.12. The van der Waals surface area contributed by atoms with E-state index in [9.17, 15) is 0 Å². The van der Waals surface area contributed by atoms with Crippen LogP contribution < -0.4 is 5.32 Å². The maximum absolute atomic E-state index is 5.90. The Hall–Kier alpha value is -1.66. The fourth-order valence-electron chi connectivity index (χ4n) is 1.73. The molecule has 0 unspecified atom stereocenters. The number of aryl methyl sites for hydroxylation is 1. The van der Waals surface area contributed by atoms with E-state index < -0.39 is 0 Å². The van der Waals surface area contributed by atoms with Crippen molar-refractivity contribution in [1.82, 2.24) is 19.6 Å². The molecule has 0 aliphatic rings. The SMILES string of the molecule is Cc1csc(CCNc2nc3ccc(Cl)cn3n2)n1. The average Bonchev–Trinajstić information content (AvgIpc) is 2.95. The van der Waals surface area contributed by atoms with E-state index in [4.69, 9.17) is 11.6 Å². The first-order chi connectivity index (χ1) is 9.20. The van der Waals surface area contributed by atoms with Gasteiger partial charge in [0.05, 0.1) is 10.0 Å². The maximum atomic E-state index is 5.90. The minimum Gasteiger partial charge on any atom is -0.352 e. The van der Waals surface area contributed by atoms with Crippen molar-refractivity contribution in [3.05, 3.63) is 39.4 Å². The summed E-state index contributed by atoms with van der Waals surface area (Å²) in [6.45, 7) is 2.76. The topological polar surface area (TPSA) is 55.1 Å². The summed E-state index contributed by atoms with van der Waals surface area (Å²) in [5, 5.41) is 11.3. The van der Waals surface area contributed by atoms with Crippen LogP contribution in [0.5, 0.6) is 0 Å². The van der Waals surface area contributed by atoms with Crippen molar-refractivity contribution < 1.29 is 0 Å². The Balaban J connectivity index is 1.65. The van der Waals surface area contributed by atoms with Crippen LogP contribution in [0.2, 0.25) is 5.02 Å². The van der Waals surface area contributed by atoms with Gasteiger partial charge in [-0.3, -0.25) is 0 Å². The van der Waals surface area contributed by atoms with E-state index >= 15 is 0 Å². The number of nitrogens with one attached hydrogen (secondary N) is 1. The lowest BCUT2D eigenvalue weighted by Crippen LogP contribution is -2.06. The van der Waals surface area contributed by atoms with Gasteiger partial charge in [-0.15, -0.1) is 16.4 Å². The molecule has 3 heterocycles. The van der Waals surface area contributed by atoms with Crippen LogP contribution in [-0.4, -0.2) is 26.1 Å². The van der Waals surface area contributed by atoms with Crippen molar-refractivity contribution in [3.8, 4) is 0 Å². The number of anilines is 1. The molecule has 0 saturated carbocycles. The summed E-state index contributed by atoms with van der Waals surface area (Å²) in [6, 6.07) is 3.64. The van der Waals surface area contributed by atoms with E-state index in [0.29, 0.717) is 11.0 Å². The largest absolute Gasteiger partial charge is 0.352 e. The molecular formula is C12H12ClN5S. The van der Waals surface area contributed by atoms with Gasteiger partial charge in [-0.05, 0) is 19.1 Å². The van der Waals surface area contributed by atoms with Gasteiger partial charge in [0.2, 0.25) is 5.95 Å². The molecule has 3 aromatic heterocycles. The molecule has 19 heavy (non-hydrogen) atoms. The van der Waals surface area contributed by atoms with E-state index in [-0.39, 0.29) is 0 Å². The van der Waals surface area contributed by atoms with Crippen LogP contribution in [0.1, 0.15) is 10.7 Å². The summed E-state index contributed by atoms with van der Waals surface area (Å²) in [5.74, 6) is 0.607. The number of hydrogen-bond donors (Lipinski definition) is 1. The number of thiazole rings is 1. The highest BCUT2D eigenvalue weighted by molar-refractivity contribution is 7.09. The van der Waals surface area contributed by atoms with Crippen LogP contribution in [0.3, 0.4) is 0 Å². The van der Waals surface area contributed by atoms with Gasteiger partial charge in [0.15, 0.2) is 5.65 Å². The quantitative estimate of drug-likeness (QED) is 0.804. The molecule has 3 aromatic rings. The molecule has 7 heteroatoms. The summed E-state index contributed by atoms with van der Waals surface area (Å²) in [7, 11) is 0. The summed E-state index contributed by atoms with van der Waals surface area (Å²) >= 11 is 7.58. The fourth-order valence-corrected chi connectivity index (χ4v) is 2.66. The normalized spacial score (nSPS) is 11.1. The molecule has 1 N–H and O–H groups in total. The molecule has 0 aliphatic carbocycles. The molecule has 0 amide bonds. The van der Waals surface area contributed by atoms with Crippen molar-refractivity contribution in [3.63, 3.8) is 0 Å². The smallest absolute Gasteiger partial charge is 0.243 e. The van der Waals surface area contributed by atoms with E-state index in [1.165, 1.54) is 0 Å². The Morgan fingerprint density at radius 2 is 2.26 bits per heavy atom. The standard InChI is InChI=1S/C12H12ClN5S/c1-8-7-19-11(15-8)4-5-14-12-16-10-3-2-9(13)6-18(10)17-12/h2-3,6-7H,4-5H2,1H3,(H,14,17). The number of hydrogen-bond acceptors (Lipinski definition) is 5. The minimum absolute atomic E-state index is 0.607. The van der Waals surface area contributed by atoms with E-state index in [2.05, 4.69) is 25.8 Å². The summed E-state index contributed by atoms with van der Waals surface area (Å²) in [6.07, 6.45) is 2.61. The van der Waals surface area contributed by atoms with E-state index in [1.54, 1.807) is 28.1 Å². The number of halogens is 1. The van der Waals surface area contributed by atoms with Gasteiger partial charge in [-0.25, -0.2) is 9.50 Å². The summed E-state index contributed by atoms with van der Waals surface area (Å²) in [4.78, 5) is 8.77. The third-order valence-electron chi connectivity index (χ3n) is 2.58. The molecule has 0 spiro atoms. The molecule has 0 saturated heterocycles. The van der Waals surface area contributed by atoms with Crippen LogP contribution in [0.4, 0.5) is 5.95 Å². The molecule has 3 rings (SSSR count). The van der Waals surface area contributed by atoms with Gasteiger partial charge in [0.25, 0.3) is 0 Å². The molecule has 0 aromatic carbocycles. The second-order valence-corrected chi connectivity index (χ2v) is 5.52. The van der Waals surface area contributed by atoms with Crippen LogP contribution in [0.25, 0.3) is 5.65 Å². The summed E-state index contributed by atoms with van der Waals surface area (Å²) in [5.41, 5.74) is 1.84. The Bertz CT molecular complexity index is 705. The zero-order valence-electron chi connectivity index (χ0n) is 10.3. The minimum atomic E-state index is 0.607. The van der Waals surface area contributed by atoms with Crippen molar-refractivity contribution in [1.29, 1.82) is 0 Å². The van der Waals surface area contributed by atoms with Crippen LogP contribution in [0.15, 0.2) is 23.7 Å². The van der Waals surface area contributed by atoms with Crippen LogP contribution >= 0.6 is 22.9 Å². The zero-order valence-corrected chi connectivity index (χ0v) is 11.9. The van der Waals surface area contributed by atoms with E-state index in [0.717, 1.165) is 29.3 Å². The molecule has 0 fully saturated rings. The number of aromatic nitrogens is 4. The van der Waals surface area contributed by atoms with Crippen molar-refractivity contribution >= 4 is 34.5 Å². The second-order valence-electron chi connectivity index (χ2n) is 4.14. The summed E-state index contributed by atoms with van der Waals surface area (Å²) < 4.78 is 1.66. The van der Waals surface area contributed by atoms with Gasteiger partial charge >= 0.3 is 0 Å². The van der Waals surface area contributed by atoms with Gasteiger partial charge in [-0.1, -0.05) is 11.6 Å². The molecule has 0 radical (unpaired) electrons. The average molecular weight is 294 g/mol. The third-order valence-corrected chi connectivity index (χ3v) is 3.83. The first kappa shape index (κ1) is 12.4. The fraction of sp³-hybridized carbons (Fsp3) is 0.250. The number of pyridine rings is 1. The molecule has 0 bridgehead atoms. The highest BCUT2D eigenvalue weighted by atomic mass is 35.5. The van der Waals surface area contributed by atoms with Crippen molar-refractivity contribution in [2.24, 2.45) is 0 Å². The number of rotatable bonds is 4.